The van der Waals surface area contributed by atoms with E-state index in [-0.39, 0.29) is 5.75 Å². The number of rotatable bonds is 10. The summed E-state index contributed by atoms with van der Waals surface area (Å²) in [6.45, 7) is 8.01. The van der Waals surface area contributed by atoms with Gasteiger partial charge < -0.3 is 15.2 Å². The van der Waals surface area contributed by atoms with E-state index in [0.717, 1.165) is 42.0 Å². The number of phenolic OH excluding ortho intramolecular Hbond substituents is 1. The van der Waals surface area contributed by atoms with Crippen molar-refractivity contribution in [1.29, 1.82) is 0 Å². The topological polar surface area (TPSA) is 41.5 Å². The highest BCUT2D eigenvalue weighted by Crippen LogP contribution is 2.35. The van der Waals surface area contributed by atoms with E-state index in [2.05, 4.69) is 55.2 Å². The maximum atomic E-state index is 10.1. The van der Waals surface area contributed by atoms with Gasteiger partial charge in [0, 0.05) is 13.1 Å². The fraction of sp³-hybridized carbons (Fsp3) is 0.185. The lowest BCUT2D eigenvalue weighted by molar-refractivity contribution is 0.316. The summed E-state index contributed by atoms with van der Waals surface area (Å²) in [7, 11) is 0. The number of benzene rings is 3. The standard InChI is InChI=1S/C27H29NO2/c1-3-17-28-18-19-30-25-15-13-22(14-16-25)27(23-11-8-12-24(29)20-23)26(4-2)21-9-6-5-7-10-21/h3,5-16,20,28-29H,1,4,17-19H2,2H3/b27-26-. The molecule has 0 spiro atoms. The molecule has 0 bridgehead atoms. The van der Waals surface area contributed by atoms with Gasteiger partial charge in [-0.2, -0.15) is 0 Å². The molecule has 0 radical (unpaired) electrons. The molecule has 0 saturated heterocycles. The van der Waals surface area contributed by atoms with Gasteiger partial charge in [0.25, 0.3) is 0 Å². The van der Waals surface area contributed by atoms with Crippen molar-refractivity contribution in [2.75, 3.05) is 19.7 Å². The van der Waals surface area contributed by atoms with Crippen molar-refractivity contribution in [2.24, 2.45) is 0 Å². The van der Waals surface area contributed by atoms with E-state index >= 15 is 0 Å². The fourth-order valence-electron chi connectivity index (χ4n) is 3.50. The fourth-order valence-corrected chi connectivity index (χ4v) is 3.50. The molecule has 30 heavy (non-hydrogen) atoms. The SMILES string of the molecule is C=CCNCCOc1ccc(/C(=C(\CC)c2ccccc2)c2cccc(O)c2)cc1. The van der Waals surface area contributed by atoms with Crippen molar-refractivity contribution in [2.45, 2.75) is 13.3 Å². The van der Waals surface area contributed by atoms with Crippen LogP contribution < -0.4 is 10.1 Å². The predicted octanol–water partition coefficient (Wildman–Crippen LogP) is 5.92. The largest absolute Gasteiger partial charge is 0.508 e. The lowest BCUT2D eigenvalue weighted by atomic mass is 9.88. The third-order valence-corrected chi connectivity index (χ3v) is 4.89. The van der Waals surface area contributed by atoms with Gasteiger partial charge in [0.15, 0.2) is 0 Å². The monoisotopic (exact) mass is 399 g/mol. The first-order valence-corrected chi connectivity index (χ1v) is 10.4. The zero-order valence-corrected chi connectivity index (χ0v) is 17.5. The van der Waals surface area contributed by atoms with Gasteiger partial charge in [-0.1, -0.05) is 67.6 Å². The summed E-state index contributed by atoms with van der Waals surface area (Å²) in [6, 6.07) is 26.1. The first-order valence-electron chi connectivity index (χ1n) is 10.4. The summed E-state index contributed by atoms with van der Waals surface area (Å²) in [6.07, 6.45) is 2.71. The van der Waals surface area contributed by atoms with Crippen LogP contribution in [0, 0.1) is 0 Å². The number of hydrogen-bond acceptors (Lipinski definition) is 3. The Morgan fingerprint density at radius 2 is 1.67 bits per heavy atom. The van der Waals surface area contributed by atoms with Gasteiger partial charge >= 0.3 is 0 Å². The summed E-state index contributed by atoms with van der Waals surface area (Å²) in [5, 5.41) is 13.3. The quantitative estimate of drug-likeness (QED) is 0.253. The number of hydrogen-bond donors (Lipinski definition) is 2. The van der Waals surface area contributed by atoms with E-state index in [0.29, 0.717) is 6.61 Å². The highest BCUT2D eigenvalue weighted by molar-refractivity contribution is 5.98. The minimum atomic E-state index is 0.264. The molecule has 0 aromatic heterocycles. The smallest absolute Gasteiger partial charge is 0.119 e. The van der Waals surface area contributed by atoms with Crippen LogP contribution >= 0.6 is 0 Å². The van der Waals surface area contributed by atoms with E-state index in [1.54, 1.807) is 6.07 Å². The van der Waals surface area contributed by atoms with Crippen LogP contribution in [0.4, 0.5) is 0 Å². The van der Waals surface area contributed by atoms with Gasteiger partial charge in [0.2, 0.25) is 0 Å². The van der Waals surface area contributed by atoms with Crippen LogP contribution in [0.15, 0.2) is 91.5 Å². The lowest BCUT2D eigenvalue weighted by Gasteiger charge is -2.17. The van der Waals surface area contributed by atoms with Crippen LogP contribution in [0.25, 0.3) is 11.1 Å². The van der Waals surface area contributed by atoms with Gasteiger partial charge in [-0.05, 0) is 58.5 Å². The Balaban J connectivity index is 1.95. The molecule has 0 unspecified atom stereocenters. The molecule has 3 aromatic carbocycles. The molecule has 3 aromatic rings. The lowest BCUT2D eigenvalue weighted by Crippen LogP contribution is -2.20. The number of ether oxygens (including phenoxy) is 1. The van der Waals surface area contributed by atoms with Crippen molar-refractivity contribution in [1.82, 2.24) is 5.32 Å². The maximum Gasteiger partial charge on any atom is 0.119 e. The molecule has 0 saturated carbocycles. The van der Waals surface area contributed by atoms with Gasteiger partial charge in [-0.3, -0.25) is 0 Å². The normalized spacial score (nSPS) is 11.6. The molecule has 154 valence electrons. The van der Waals surface area contributed by atoms with E-state index in [1.807, 2.05) is 42.5 Å². The van der Waals surface area contributed by atoms with Crippen molar-refractivity contribution in [3.8, 4) is 11.5 Å². The van der Waals surface area contributed by atoms with Gasteiger partial charge in [-0.15, -0.1) is 6.58 Å². The average molecular weight is 400 g/mol. The second kappa shape index (κ2) is 11.0. The van der Waals surface area contributed by atoms with Crippen molar-refractivity contribution >= 4 is 11.1 Å². The molecule has 0 aliphatic carbocycles. The summed E-state index contributed by atoms with van der Waals surface area (Å²) in [5.74, 6) is 1.10. The van der Waals surface area contributed by atoms with E-state index in [9.17, 15) is 5.11 Å². The van der Waals surface area contributed by atoms with Gasteiger partial charge in [0.05, 0.1) is 0 Å². The van der Waals surface area contributed by atoms with Gasteiger partial charge in [0.1, 0.15) is 18.1 Å². The van der Waals surface area contributed by atoms with Crippen LogP contribution in [-0.2, 0) is 0 Å². The first kappa shape index (κ1) is 21.4. The first-order chi connectivity index (χ1) is 14.7. The highest BCUT2D eigenvalue weighted by atomic mass is 16.5. The minimum absolute atomic E-state index is 0.264. The third-order valence-electron chi connectivity index (χ3n) is 4.89. The Morgan fingerprint density at radius 3 is 2.33 bits per heavy atom. The second-order valence-electron chi connectivity index (χ2n) is 6.99. The van der Waals surface area contributed by atoms with Crippen LogP contribution in [0.3, 0.4) is 0 Å². The summed E-state index contributed by atoms with van der Waals surface area (Å²) >= 11 is 0. The van der Waals surface area contributed by atoms with Crippen molar-refractivity contribution in [3.05, 3.63) is 108 Å². The third kappa shape index (κ3) is 5.62. The van der Waals surface area contributed by atoms with Crippen LogP contribution in [0.2, 0.25) is 0 Å². The summed E-state index contributed by atoms with van der Waals surface area (Å²) in [5.41, 5.74) is 5.64. The van der Waals surface area contributed by atoms with E-state index in [1.165, 1.54) is 11.1 Å². The Bertz CT molecular complexity index is 975. The summed E-state index contributed by atoms with van der Waals surface area (Å²) in [4.78, 5) is 0. The molecule has 0 atom stereocenters. The molecule has 0 fully saturated rings. The molecule has 0 aliphatic heterocycles. The molecule has 3 nitrogen and oxygen atoms in total. The van der Waals surface area contributed by atoms with Gasteiger partial charge in [-0.25, -0.2) is 0 Å². The van der Waals surface area contributed by atoms with Crippen LogP contribution in [0.5, 0.6) is 11.5 Å². The number of phenols is 1. The zero-order chi connectivity index (χ0) is 21.2. The van der Waals surface area contributed by atoms with Crippen molar-refractivity contribution < 1.29 is 9.84 Å². The second-order valence-corrected chi connectivity index (χ2v) is 6.99. The van der Waals surface area contributed by atoms with Crippen LogP contribution in [0.1, 0.15) is 30.0 Å². The molecule has 2 N–H and O–H groups in total. The van der Waals surface area contributed by atoms with Crippen LogP contribution in [-0.4, -0.2) is 24.8 Å². The molecule has 0 aliphatic rings. The molecular formula is C27H29NO2. The number of aromatic hydroxyl groups is 1. The molecule has 0 heterocycles. The Kier molecular flexibility index (Phi) is 7.87. The van der Waals surface area contributed by atoms with E-state index < -0.39 is 0 Å². The average Bonchev–Trinajstić information content (AvgIpc) is 2.78. The zero-order valence-electron chi connectivity index (χ0n) is 17.5. The number of allylic oxidation sites excluding steroid dienone is 1. The Morgan fingerprint density at radius 1 is 0.933 bits per heavy atom. The Labute approximate surface area is 179 Å². The van der Waals surface area contributed by atoms with E-state index in [4.69, 9.17) is 4.74 Å². The van der Waals surface area contributed by atoms with Crippen molar-refractivity contribution in [3.63, 3.8) is 0 Å². The highest BCUT2D eigenvalue weighted by Gasteiger charge is 2.13. The maximum absolute atomic E-state index is 10.1. The Hall–Kier alpha value is -3.30. The molecular weight excluding hydrogens is 370 g/mol. The predicted molar refractivity (Wildman–Crippen MR) is 126 cm³/mol. The molecule has 0 amide bonds. The molecule has 3 heteroatoms. The summed E-state index contributed by atoms with van der Waals surface area (Å²) < 4.78 is 5.83. The minimum Gasteiger partial charge on any atom is -0.508 e. The number of nitrogens with one attached hydrogen (secondary N) is 1. The molecule has 3 rings (SSSR count).